The summed E-state index contributed by atoms with van der Waals surface area (Å²) in [4.78, 5) is 14.1. The second-order valence-corrected chi connectivity index (χ2v) is 10.6. The van der Waals surface area contributed by atoms with Crippen LogP contribution in [-0.2, 0) is 10.0 Å². The Morgan fingerprint density at radius 1 is 0.865 bits per heavy atom. The minimum atomic E-state index is -4.01. The predicted octanol–water partition coefficient (Wildman–Crippen LogP) is 4.38. The number of aryl methyl sites for hydroxylation is 2. The number of anilines is 1. The standard InChI is InChI=1S/C27H25N5O4S/c1-19-13-20(2)15-24(14-19)36-25-8-5-22(18-29)16-26(25)37(34,35)32-11-9-31(10-12-32)27(33)30-23-6-3-21(17-28)4-7-23/h3-8,13-16H,9-12H2,1-2H3,(H,30,33). The number of benzene rings is 3. The van der Waals surface area contributed by atoms with Crippen LogP contribution in [0.5, 0.6) is 11.5 Å². The summed E-state index contributed by atoms with van der Waals surface area (Å²) in [6.45, 7) is 4.39. The number of ether oxygens (including phenoxy) is 1. The number of carbonyl (C=O) groups excluding carboxylic acids is 1. The molecule has 0 bridgehead atoms. The lowest BCUT2D eigenvalue weighted by atomic mass is 10.1. The van der Waals surface area contributed by atoms with Crippen LogP contribution in [0.2, 0.25) is 0 Å². The Kier molecular flexibility index (Phi) is 7.44. The third-order valence-electron chi connectivity index (χ3n) is 5.90. The van der Waals surface area contributed by atoms with Crippen molar-refractivity contribution in [1.82, 2.24) is 9.21 Å². The van der Waals surface area contributed by atoms with Gasteiger partial charge in [0.2, 0.25) is 10.0 Å². The second kappa shape index (κ2) is 10.7. The normalized spacial score (nSPS) is 13.9. The molecule has 2 amide bonds. The summed E-state index contributed by atoms with van der Waals surface area (Å²) in [6, 6.07) is 20.1. The van der Waals surface area contributed by atoms with E-state index in [9.17, 15) is 18.5 Å². The Hall–Kier alpha value is -4.38. The fourth-order valence-corrected chi connectivity index (χ4v) is 5.65. The zero-order valence-electron chi connectivity index (χ0n) is 20.4. The first-order chi connectivity index (χ1) is 17.7. The number of rotatable bonds is 5. The van der Waals surface area contributed by atoms with Gasteiger partial charge in [-0.1, -0.05) is 6.07 Å². The molecule has 1 heterocycles. The first-order valence-corrected chi connectivity index (χ1v) is 13.0. The quantitative estimate of drug-likeness (QED) is 0.537. The Labute approximate surface area is 216 Å². The molecule has 1 saturated heterocycles. The molecule has 0 unspecified atom stereocenters. The fraction of sp³-hybridized carbons (Fsp3) is 0.222. The summed E-state index contributed by atoms with van der Waals surface area (Å²) in [5, 5.41) is 21.0. The van der Waals surface area contributed by atoms with Crippen molar-refractivity contribution in [2.75, 3.05) is 31.5 Å². The van der Waals surface area contributed by atoms with Gasteiger partial charge >= 0.3 is 6.03 Å². The fourth-order valence-electron chi connectivity index (χ4n) is 4.08. The maximum absolute atomic E-state index is 13.6. The van der Waals surface area contributed by atoms with Crippen molar-refractivity contribution in [2.45, 2.75) is 18.7 Å². The highest BCUT2D eigenvalue weighted by atomic mass is 32.2. The van der Waals surface area contributed by atoms with Crippen molar-refractivity contribution in [3.8, 4) is 23.6 Å². The first kappa shape index (κ1) is 25.7. The van der Waals surface area contributed by atoms with E-state index in [4.69, 9.17) is 10.00 Å². The van der Waals surface area contributed by atoms with Crippen molar-refractivity contribution in [1.29, 1.82) is 10.5 Å². The Bertz CT molecular complexity index is 1490. The van der Waals surface area contributed by atoms with E-state index in [1.807, 2.05) is 44.2 Å². The average molecular weight is 516 g/mol. The van der Waals surface area contributed by atoms with E-state index in [0.717, 1.165) is 11.1 Å². The molecule has 188 valence electrons. The summed E-state index contributed by atoms with van der Waals surface area (Å²) in [5.41, 5.74) is 3.18. The predicted molar refractivity (Wildman–Crippen MR) is 138 cm³/mol. The van der Waals surface area contributed by atoms with Gasteiger partial charge in [-0.25, -0.2) is 13.2 Å². The molecule has 3 aromatic carbocycles. The number of hydrogen-bond donors (Lipinski definition) is 1. The Morgan fingerprint density at radius 3 is 2.05 bits per heavy atom. The van der Waals surface area contributed by atoms with E-state index >= 15 is 0 Å². The zero-order chi connectivity index (χ0) is 26.6. The van der Waals surface area contributed by atoms with Gasteiger partial charge in [0, 0.05) is 31.9 Å². The van der Waals surface area contributed by atoms with Gasteiger partial charge in [0.05, 0.1) is 23.3 Å². The molecule has 1 aliphatic heterocycles. The topological polar surface area (TPSA) is 127 Å². The molecule has 9 nitrogen and oxygen atoms in total. The lowest BCUT2D eigenvalue weighted by Crippen LogP contribution is -2.51. The molecule has 0 aromatic heterocycles. The summed E-state index contributed by atoms with van der Waals surface area (Å²) >= 11 is 0. The number of piperazine rings is 1. The number of sulfonamides is 1. The largest absolute Gasteiger partial charge is 0.456 e. The van der Waals surface area contributed by atoms with Crippen LogP contribution in [0, 0.1) is 36.5 Å². The molecule has 37 heavy (non-hydrogen) atoms. The van der Waals surface area contributed by atoms with Crippen molar-refractivity contribution >= 4 is 21.7 Å². The van der Waals surface area contributed by atoms with E-state index in [2.05, 4.69) is 5.32 Å². The Balaban J connectivity index is 1.50. The maximum Gasteiger partial charge on any atom is 0.321 e. The molecule has 1 fully saturated rings. The van der Waals surface area contributed by atoms with Crippen LogP contribution in [0.1, 0.15) is 22.3 Å². The van der Waals surface area contributed by atoms with Crippen molar-refractivity contribution in [3.05, 3.63) is 82.9 Å². The molecule has 0 saturated carbocycles. The number of amides is 2. The highest BCUT2D eigenvalue weighted by Gasteiger charge is 2.32. The van der Waals surface area contributed by atoms with Crippen molar-refractivity contribution in [3.63, 3.8) is 0 Å². The molecular weight excluding hydrogens is 490 g/mol. The summed E-state index contributed by atoms with van der Waals surface area (Å²) in [6.07, 6.45) is 0. The summed E-state index contributed by atoms with van der Waals surface area (Å²) < 4.78 is 34.5. The minimum absolute atomic E-state index is 0.0862. The van der Waals surface area contributed by atoms with Gasteiger partial charge in [0.15, 0.2) is 0 Å². The molecular formula is C27H25N5O4S. The highest BCUT2D eigenvalue weighted by molar-refractivity contribution is 7.89. The van der Waals surface area contributed by atoms with Crippen LogP contribution in [0.3, 0.4) is 0 Å². The summed E-state index contributed by atoms with van der Waals surface area (Å²) in [5.74, 6) is 0.632. The molecule has 3 aromatic rings. The van der Waals surface area contributed by atoms with Crippen LogP contribution >= 0.6 is 0 Å². The van der Waals surface area contributed by atoms with Crippen LogP contribution < -0.4 is 10.1 Å². The number of nitrogens with zero attached hydrogens (tertiary/aromatic N) is 4. The second-order valence-electron chi connectivity index (χ2n) is 8.71. The lowest BCUT2D eigenvalue weighted by molar-refractivity contribution is 0.184. The van der Waals surface area contributed by atoms with E-state index in [1.165, 1.54) is 27.4 Å². The van der Waals surface area contributed by atoms with Gasteiger partial charge < -0.3 is 15.0 Å². The van der Waals surface area contributed by atoms with Gasteiger partial charge in [-0.3, -0.25) is 0 Å². The summed E-state index contributed by atoms with van der Waals surface area (Å²) in [7, 11) is -4.01. The van der Waals surface area contributed by atoms with Crippen molar-refractivity contribution < 1.29 is 17.9 Å². The molecule has 0 atom stereocenters. The SMILES string of the molecule is Cc1cc(C)cc(Oc2ccc(C#N)cc2S(=O)(=O)N2CCN(C(=O)Nc3ccc(C#N)cc3)CC2)c1. The van der Waals surface area contributed by atoms with E-state index < -0.39 is 10.0 Å². The van der Waals surface area contributed by atoms with Gasteiger partial charge in [-0.2, -0.15) is 14.8 Å². The van der Waals surface area contributed by atoms with E-state index in [0.29, 0.717) is 17.0 Å². The van der Waals surface area contributed by atoms with Crippen LogP contribution in [0.25, 0.3) is 0 Å². The molecule has 1 N–H and O–H groups in total. The van der Waals surface area contributed by atoms with Gasteiger partial charge in [0.25, 0.3) is 0 Å². The van der Waals surface area contributed by atoms with Crippen LogP contribution in [0.15, 0.2) is 65.6 Å². The average Bonchev–Trinajstić information content (AvgIpc) is 2.88. The maximum atomic E-state index is 13.6. The zero-order valence-corrected chi connectivity index (χ0v) is 21.2. The third-order valence-corrected chi connectivity index (χ3v) is 7.82. The van der Waals surface area contributed by atoms with Gasteiger partial charge in [-0.15, -0.1) is 0 Å². The van der Waals surface area contributed by atoms with E-state index in [1.54, 1.807) is 24.3 Å². The third kappa shape index (κ3) is 5.89. The molecule has 1 aliphatic rings. The molecule has 0 aliphatic carbocycles. The number of carbonyl (C=O) groups is 1. The highest BCUT2D eigenvalue weighted by Crippen LogP contribution is 2.33. The smallest absolute Gasteiger partial charge is 0.321 e. The van der Waals surface area contributed by atoms with E-state index in [-0.39, 0.29) is 48.4 Å². The monoisotopic (exact) mass is 515 g/mol. The molecule has 4 rings (SSSR count). The molecule has 0 spiro atoms. The Morgan fingerprint density at radius 2 is 1.46 bits per heavy atom. The number of nitriles is 2. The first-order valence-electron chi connectivity index (χ1n) is 11.6. The molecule has 0 radical (unpaired) electrons. The molecule has 10 heteroatoms. The minimum Gasteiger partial charge on any atom is -0.456 e. The number of hydrogen-bond acceptors (Lipinski definition) is 6. The van der Waals surface area contributed by atoms with Crippen LogP contribution in [-0.4, -0.2) is 49.8 Å². The number of urea groups is 1. The van der Waals surface area contributed by atoms with Crippen LogP contribution in [0.4, 0.5) is 10.5 Å². The van der Waals surface area contributed by atoms with Gasteiger partial charge in [0.1, 0.15) is 16.4 Å². The van der Waals surface area contributed by atoms with Crippen molar-refractivity contribution in [2.24, 2.45) is 0 Å². The lowest BCUT2D eigenvalue weighted by Gasteiger charge is -2.34. The number of nitrogens with one attached hydrogen (secondary N) is 1. The van der Waals surface area contributed by atoms with Gasteiger partial charge in [-0.05, 0) is 79.6 Å².